The summed E-state index contributed by atoms with van der Waals surface area (Å²) in [6.07, 6.45) is 1.62. The minimum Gasteiger partial charge on any atom is -0.494 e. The molecular weight excluding hydrogens is 364 g/mol. The van der Waals surface area contributed by atoms with Crippen molar-refractivity contribution in [3.8, 4) is 5.75 Å². The Morgan fingerprint density at radius 3 is 2.79 bits per heavy atom. The highest BCUT2D eigenvalue weighted by atomic mass is 16.5. The van der Waals surface area contributed by atoms with Gasteiger partial charge in [-0.05, 0) is 41.7 Å². The molecule has 152 valence electrons. The number of H-pyrrole nitrogens is 1. The predicted octanol–water partition coefficient (Wildman–Crippen LogP) is 4.37. The summed E-state index contributed by atoms with van der Waals surface area (Å²) < 4.78 is 11.0. The highest BCUT2D eigenvalue weighted by molar-refractivity contribution is 5.87. The number of nitrogens with one attached hydrogen (secondary N) is 2. The smallest absolute Gasteiger partial charge is 0.323 e. The molecule has 3 aromatic rings. The number of para-hydroxylation sites is 1. The van der Waals surface area contributed by atoms with Gasteiger partial charge < -0.3 is 14.5 Å². The highest BCUT2D eigenvalue weighted by Crippen LogP contribution is 2.36. The minimum atomic E-state index is -0.387. The summed E-state index contributed by atoms with van der Waals surface area (Å²) in [6.45, 7) is 5.08. The molecule has 2 heterocycles. The summed E-state index contributed by atoms with van der Waals surface area (Å²) in [5, 5.41) is 4.64. The molecule has 2 atom stereocenters. The Labute approximate surface area is 171 Å². The van der Waals surface area contributed by atoms with Gasteiger partial charge in [0.1, 0.15) is 11.8 Å². The molecule has 1 aliphatic heterocycles. The van der Waals surface area contributed by atoms with E-state index in [0.29, 0.717) is 18.9 Å². The van der Waals surface area contributed by atoms with Crippen LogP contribution in [0.1, 0.15) is 43.1 Å². The maximum atomic E-state index is 12.4. The first-order chi connectivity index (χ1) is 14.1. The zero-order chi connectivity index (χ0) is 20.4. The molecule has 0 bridgehead atoms. The largest absolute Gasteiger partial charge is 0.494 e. The third kappa shape index (κ3) is 4.01. The molecule has 0 aliphatic carbocycles. The van der Waals surface area contributed by atoms with E-state index in [1.807, 2.05) is 24.3 Å². The summed E-state index contributed by atoms with van der Waals surface area (Å²) in [5.74, 6) is 1.21. The van der Waals surface area contributed by atoms with Crippen molar-refractivity contribution < 1.29 is 14.3 Å². The van der Waals surface area contributed by atoms with Gasteiger partial charge >= 0.3 is 5.97 Å². The number of esters is 1. The van der Waals surface area contributed by atoms with Crippen molar-refractivity contribution in [2.24, 2.45) is 5.92 Å². The molecule has 0 saturated heterocycles. The normalized spacial score (nSPS) is 18.6. The van der Waals surface area contributed by atoms with Gasteiger partial charge in [-0.3, -0.25) is 10.1 Å². The molecule has 2 N–H and O–H groups in total. The van der Waals surface area contributed by atoms with E-state index in [9.17, 15) is 4.79 Å². The first-order valence-electron chi connectivity index (χ1n) is 10.2. The van der Waals surface area contributed by atoms with Crippen molar-refractivity contribution in [2.75, 3.05) is 13.7 Å². The number of benzene rings is 2. The van der Waals surface area contributed by atoms with Crippen LogP contribution >= 0.6 is 0 Å². The molecule has 0 amide bonds. The number of fused-ring (bicyclic) bond motifs is 3. The SMILES string of the molecule is COC(=O)C1Cc2c([nH]c3ccccc23)C(c2cccc(OCCC(C)C)c2)N1. The Kier molecular flexibility index (Phi) is 5.58. The Bertz CT molecular complexity index is 1010. The molecule has 0 fully saturated rings. The van der Waals surface area contributed by atoms with Crippen LogP contribution in [0.25, 0.3) is 10.9 Å². The Balaban J connectivity index is 1.70. The van der Waals surface area contributed by atoms with Gasteiger partial charge in [0.25, 0.3) is 0 Å². The topological polar surface area (TPSA) is 63.4 Å². The van der Waals surface area contributed by atoms with Crippen LogP contribution in [-0.4, -0.2) is 30.7 Å². The molecule has 0 spiro atoms. The Hall–Kier alpha value is -2.79. The van der Waals surface area contributed by atoms with Gasteiger partial charge in [-0.2, -0.15) is 0 Å². The van der Waals surface area contributed by atoms with Gasteiger partial charge in [-0.1, -0.05) is 44.2 Å². The van der Waals surface area contributed by atoms with Crippen LogP contribution in [0.5, 0.6) is 5.75 Å². The zero-order valence-electron chi connectivity index (χ0n) is 17.2. The van der Waals surface area contributed by atoms with Crippen LogP contribution in [0.4, 0.5) is 0 Å². The van der Waals surface area contributed by atoms with Crippen molar-refractivity contribution in [3.05, 3.63) is 65.4 Å². The fourth-order valence-corrected chi connectivity index (χ4v) is 3.99. The number of ether oxygens (including phenoxy) is 2. The first-order valence-corrected chi connectivity index (χ1v) is 10.2. The van der Waals surface area contributed by atoms with Gasteiger partial charge in [-0.25, -0.2) is 0 Å². The van der Waals surface area contributed by atoms with E-state index in [1.165, 1.54) is 12.7 Å². The number of hydrogen-bond acceptors (Lipinski definition) is 4. The predicted molar refractivity (Wildman–Crippen MR) is 114 cm³/mol. The molecule has 29 heavy (non-hydrogen) atoms. The van der Waals surface area contributed by atoms with Gasteiger partial charge in [0.15, 0.2) is 0 Å². The number of aromatic nitrogens is 1. The number of hydrogen-bond donors (Lipinski definition) is 2. The van der Waals surface area contributed by atoms with Crippen molar-refractivity contribution in [1.82, 2.24) is 10.3 Å². The Morgan fingerprint density at radius 1 is 1.17 bits per heavy atom. The van der Waals surface area contributed by atoms with Crippen LogP contribution in [0.3, 0.4) is 0 Å². The fraction of sp³-hybridized carbons (Fsp3) is 0.375. The van der Waals surface area contributed by atoms with Gasteiger partial charge in [-0.15, -0.1) is 0 Å². The van der Waals surface area contributed by atoms with Crippen molar-refractivity contribution in [1.29, 1.82) is 0 Å². The van der Waals surface area contributed by atoms with Crippen molar-refractivity contribution in [3.63, 3.8) is 0 Å². The zero-order valence-corrected chi connectivity index (χ0v) is 17.2. The lowest BCUT2D eigenvalue weighted by Crippen LogP contribution is -2.45. The van der Waals surface area contributed by atoms with E-state index < -0.39 is 0 Å². The standard InChI is InChI=1S/C24H28N2O3/c1-15(2)11-12-29-17-8-6-7-16(13-17)22-23-19(14-21(26-22)24(27)28-3)18-9-4-5-10-20(18)25-23/h4-10,13,15,21-22,25-26H,11-12,14H2,1-3H3. The van der Waals surface area contributed by atoms with Crippen molar-refractivity contribution >= 4 is 16.9 Å². The second kappa shape index (κ2) is 8.29. The van der Waals surface area contributed by atoms with Gasteiger partial charge in [0.2, 0.25) is 0 Å². The molecule has 4 rings (SSSR count). The van der Waals surface area contributed by atoms with Crippen LogP contribution in [0, 0.1) is 5.92 Å². The number of carbonyl (C=O) groups excluding carboxylic acids is 1. The van der Waals surface area contributed by atoms with Crippen molar-refractivity contribution in [2.45, 2.75) is 38.8 Å². The molecule has 0 saturated carbocycles. The third-order valence-corrected chi connectivity index (χ3v) is 5.55. The molecule has 5 heteroatoms. The second-order valence-corrected chi connectivity index (χ2v) is 8.05. The summed E-state index contributed by atoms with van der Waals surface area (Å²) in [7, 11) is 1.44. The van der Waals surface area contributed by atoms with Crippen LogP contribution in [-0.2, 0) is 16.0 Å². The van der Waals surface area contributed by atoms with Crippen LogP contribution in [0.2, 0.25) is 0 Å². The average Bonchev–Trinajstić information content (AvgIpc) is 3.11. The lowest BCUT2D eigenvalue weighted by atomic mass is 9.90. The van der Waals surface area contributed by atoms with Gasteiger partial charge in [0, 0.05) is 23.0 Å². The molecule has 5 nitrogen and oxygen atoms in total. The lowest BCUT2D eigenvalue weighted by Gasteiger charge is -2.30. The summed E-state index contributed by atoms with van der Waals surface area (Å²) in [6, 6.07) is 15.8. The van der Waals surface area contributed by atoms with E-state index in [2.05, 4.69) is 48.4 Å². The number of methoxy groups -OCH3 is 1. The van der Waals surface area contributed by atoms with E-state index in [0.717, 1.165) is 34.3 Å². The monoisotopic (exact) mass is 392 g/mol. The lowest BCUT2D eigenvalue weighted by molar-refractivity contribution is -0.143. The average molecular weight is 392 g/mol. The quantitative estimate of drug-likeness (QED) is 0.612. The Morgan fingerprint density at radius 2 is 2.00 bits per heavy atom. The number of carbonyl (C=O) groups is 1. The molecule has 2 unspecified atom stereocenters. The maximum absolute atomic E-state index is 12.4. The molecule has 2 aromatic carbocycles. The van der Waals surface area contributed by atoms with E-state index in [4.69, 9.17) is 9.47 Å². The highest BCUT2D eigenvalue weighted by Gasteiger charge is 2.34. The maximum Gasteiger partial charge on any atom is 0.323 e. The number of aromatic amines is 1. The molecule has 1 aromatic heterocycles. The fourth-order valence-electron chi connectivity index (χ4n) is 3.99. The van der Waals surface area contributed by atoms with Crippen LogP contribution < -0.4 is 10.1 Å². The third-order valence-electron chi connectivity index (χ3n) is 5.55. The second-order valence-electron chi connectivity index (χ2n) is 8.05. The summed E-state index contributed by atoms with van der Waals surface area (Å²) in [4.78, 5) is 15.9. The van der Waals surface area contributed by atoms with E-state index in [-0.39, 0.29) is 18.1 Å². The summed E-state index contributed by atoms with van der Waals surface area (Å²) in [5.41, 5.74) is 4.42. The molecular formula is C24H28N2O3. The first kappa shape index (κ1) is 19.5. The summed E-state index contributed by atoms with van der Waals surface area (Å²) >= 11 is 0. The van der Waals surface area contributed by atoms with Gasteiger partial charge in [0.05, 0.1) is 19.8 Å². The molecule has 1 aliphatic rings. The number of rotatable bonds is 6. The van der Waals surface area contributed by atoms with E-state index >= 15 is 0 Å². The van der Waals surface area contributed by atoms with Crippen LogP contribution in [0.15, 0.2) is 48.5 Å². The molecule has 0 radical (unpaired) electrons. The minimum absolute atomic E-state index is 0.135. The van der Waals surface area contributed by atoms with E-state index in [1.54, 1.807) is 0 Å².